The largest absolute Gasteiger partial charge is 0.481 e. The Labute approximate surface area is 114 Å². The van der Waals surface area contributed by atoms with Gasteiger partial charge in [0.15, 0.2) is 0 Å². The Kier molecular flexibility index (Phi) is 4.45. The summed E-state index contributed by atoms with van der Waals surface area (Å²) in [7, 11) is 0. The minimum Gasteiger partial charge on any atom is -0.481 e. The van der Waals surface area contributed by atoms with Crippen LogP contribution in [0.5, 0.6) is 0 Å². The smallest absolute Gasteiger partial charge is 0.303 e. The average molecular weight is 268 g/mol. The lowest BCUT2D eigenvalue weighted by atomic mass is 9.75. The van der Waals surface area contributed by atoms with Crippen LogP contribution < -0.4 is 5.73 Å². The molecule has 0 aromatic heterocycles. The van der Waals surface area contributed by atoms with E-state index >= 15 is 0 Å². The van der Waals surface area contributed by atoms with Crippen molar-refractivity contribution in [2.45, 2.75) is 69.4 Å². The predicted molar refractivity (Wildman–Crippen MR) is 71.6 cm³/mol. The Morgan fingerprint density at radius 1 is 1.26 bits per heavy atom. The molecule has 2 fully saturated rings. The first-order valence-corrected chi connectivity index (χ1v) is 7.30. The van der Waals surface area contributed by atoms with Gasteiger partial charge in [-0.2, -0.15) is 0 Å². The van der Waals surface area contributed by atoms with Crippen LogP contribution in [0, 0.1) is 0 Å². The van der Waals surface area contributed by atoms with E-state index in [1.54, 1.807) is 0 Å². The number of carboxylic acids is 1. The number of nitrogens with two attached hydrogens (primary N) is 1. The molecule has 1 aliphatic heterocycles. The number of hydrogen-bond acceptors (Lipinski definition) is 3. The van der Waals surface area contributed by atoms with Gasteiger partial charge in [-0.1, -0.05) is 0 Å². The van der Waals surface area contributed by atoms with E-state index in [0.717, 1.165) is 45.1 Å². The summed E-state index contributed by atoms with van der Waals surface area (Å²) in [5.41, 5.74) is 5.85. The van der Waals surface area contributed by atoms with Crippen LogP contribution in [0.15, 0.2) is 0 Å². The number of aliphatic carboxylic acids is 1. The molecule has 5 heteroatoms. The maximum absolute atomic E-state index is 12.4. The van der Waals surface area contributed by atoms with Crippen molar-refractivity contribution in [2.24, 2.45) is 5.73 Å². The molecule has 3 N–H and O–H groups in total. The van der Waals surface area contributed by atoms with Crippen molar-refractivity contribution >= 4 is 11.9 Å². The lowest BCUT2D eigenvalue weighted by Gasteiger charge is -2.42. The number of carbonyl (C=O) groups excluding carboxylic acids is 1. The van der Waals surface area contributed by atoms with Gasteiger partial charge in [-0.3, -0.25) is 9.59 Å². The van der Waals surface area contributed by atoms with Crippen LogP contribution in [0.2, 0.25) is 0 Å². The normalized spacial score (nSPS) is 25.7. The molecular formula is C14H24N2O3. The number of carboxylic acid groups (broad SMARTS) is 1. The van der Waals surface area contributed by atoms with Gasteiger partial charge in [-0.05, 0) is 44.9 Å². The van der Waals surface area contributed by atoms with Crippen LogP contribution in [0.25, 0.3) is 0 Å². The average Bonchev–Trinajstić information content (AvgIpc) is 2.34. The van der Waals surface area contributed by atoms with Crippen molar-refractivity contribution in [2.75, 3.05) is 6.54 Å². The maximum atomic E-state index is 12.4. The number of rotatable bonds is 5. The Hall–Kier alpha value is -1.10. The SMILES string of the molecule is NC1(CC(=O)N2CCCCC2CCC(=O)O)CCC1. The molecule has 5 nitrogen and oxygen atoms in total. The van der Waals surface area contributed by atoms with E-state index in [-0.39, 0.29) is 23.9 Å². The lowest BCUT2D eigenvalue weighted by Crippen LogP contribution is -2.53. The molecule has 0 aromatic carbocycles. The zero-order valence-corrected chi connectivity index (χ0v) is 11.4. The van der Waals surface area contributed by atoms with Gasteiger partial charge in [0.05, 0.1) is 0 Å². The molecule has 1 saturated carbocycles. The highest BCUT2D eigenvalue weighted by molar-refractivity contribution is 5.78. The van der Waals surface area contributed by atoms with Crippen molar-refractivity contribution < 1.29 is 14.7 Å². The molecule has 1 heterocycles. The van der Waals surface area contributed by atoms with E-state index in [4.69, 9.17) is 10.8 Å². The fourth-order valence-electron chi connectivity index (χ4n) is 3.13. The quantitative estimate of drug-likeness (QED) is 0.791. The molecule has 0 bridgehead atoms. The third-order valence-corrected chi connectivity index (χ3v) is 4.49. The molecule has 1 aliphatic carbocycles. The summed E-state index contributed by atoms with van der Waals surface area (Å²) in [6, 6.07) is 0.0982. The van der Waals surface area contributed by atoms with Gasteiger partial charge in [-0.25, -0.2) is 0 Å². The van der Waals surface area contributed by atoms with Crippen molar-refractivity contribution in [3.63, 3.8) is 0 Å². The van der Waals surface area contributed by atoms with E-state index in [1.807, 2.05) is 4.90 Å². The van der Waals surface area contributed by atoms with Gasteiger partial charge in [0.25, 0.3) is 0 Å². The first-order chi connectivity index (χ1) is 9.00. The molecular weight excluding hydrogens is 244 g/mol. The number of hydrogen-bond donors (Lipinski definition) is 2. The number of likely N-dealkylation sites (tertiary alicyclic amines) is 1. The summed E-state index contributed by atoms with van der Waals surface area (Å²) in [6.45, 7) is 0.763. The van der Waals surface area contributed by atoms with Gasteiger partial charge >= 0.3 is 5.97 Å². The van der Waals surface area contributed by atoms with Crippen molar-refractivity contribution in [3.8, 4) is 0 Å². The van der Waals surface area contributed by atoms with E-state index in [0.29, 0.717) is 12.8 Å². The minimum atomic E-state index is -0.785. The second kappa shape index (κ2) is 5.90. The van der Waals surface area contributed by atoms with Gasteiger partial charge in [0, 0.05) is 31.0 Å². The summed E-state index contributed by atoms with van der Waals surface area (Å²) in [4.78, 5) is 24.9. The highest BCUT2D eigenvalue weighted by Gasteiger charge is 2.37. The third kappa shape index (κ3) is 3.69. The summed E-state index contributed by atoms with van der Waals surface area (Å²) in [5.74, 6) is -0.662. The second-order valence-electron chi connectivity index (χ2n) is 6.06. The van der Waals surface area contributed by atoms with Crippen molar-refractivity contribution in [1.82, 2.24) is 4.90 Å². The topological polar surface area (TPSA) is 83.6 Å². The summed E-state index contributed by atoms with van der Waals surface area (Å²) in [6.07, 6.45) is 7.16. The first kappa shape index (κ1) is 14.3. The molecule has 0 spiro atoms. The van der Waals surface area contributed by atoms with E-state index in [9.17, 15) is 9.59 Å². The third-order valence-electron chi connectivity index (χ3n) is 4.49. The fraction of sp³-hybridized carbons (Fsp3) is 0.857. The monoisotopic (exact) mass is 268 g/mol. The summed E-state index contributed by atoms with van der Waals surface area (Å²) < 4.78 is 0. The van der Waals surface area contributed by atoms with Crippen molar-refractivity contribution in [1.29, 1.82) is 0 Å². The lowest BCUT2D eigenvalue weighted by molar-refractivity contribution is -0.141. The number of amides is 1. The Balaban J connectivity index is 1.90. The Morgan fingerprint density at radius 3 is 2.58 bits per heavy atom. The zero-order chi connectivity index (χ0) is 13.9. The fourth-order valence-corrected chi connectivity index (χ4v) is 3.13. The highest BCUT2D eigenvalue weighted by atomic mass is 16.4. The minimum absolute atomic E-state index is 0.0982. The second-order valence-corrected chi connectivity index (χ2v) is 6.06. The van der Waals surface area contributed by atoms with Crippen LogP contribution in [0.4, 0.5) is 0 Å². The molecule has 19 heavy (non-hydrogen) atoms. The number of nitrogens with zero attached hydrogens (tertiary/aromatic N) is 1. The van der Waals surface area contributed by atoms with Crippen LogP contribution in [-0.4, -0.2) is 40.0 Å². The van der Waals surface area contributed by atoms with E-state index in [1.165, 1.54) is 0 Å². The first-order valence-electron chi connectivity index (χ1n) is 7.30. The van der Waals surface area contributed by atoms with Gasteiger partial charge in [0.2, 0.25) is 5.91 Å². The van der Waals surface area contributed by atoms with Crippen LogP contribution in [-0.2, 0) is 9.59 Å². The van der Waals surface area contributed by atoms with E-state index < -0.39 is 5.97 Å². The van der Waals surface area contributed by atoms with Crippen molar-refractivity contribution in [3.05, 3.63) is 0 Å². The molecule has 1 atom stereocenters. The molecule has 0 radical (unpaired) electrons. The van der Waals surface area contributed by atoms with Crippen LogP contribution in [0.3, 0.4) is 0 Å². The molecule has 2 aliphatic rings. The molecule has 1 saturated heterocycles. The number of piperidine rings is 1. The van der Waals surface area contributed by atoms with Gasteiger partial charge < -0.3 is 15.7 Å². The summed E-state index contributed by atoms with van der Waals surface area (Å²) in [5, 5.41) is 8.78. The van der Waals surface area contributed by atoms with E-state index in [2.05, 4.69) is 0 Å². The predicted octanol–water partition coefficient (Wildman–Crippen LogP) is 1.50. The number of carbonyl (C=O) groups is 2. The Bertz CT molecular complexity index is 353. The zero-order valence-electron chi connectivity index (χ0n) is 11.4. The van der Waals surface area contributed by atoms with Crippen LogP contribution in [0.1, 0.15) is 57.8 Å². The molecule has 0 aromatic rings. The van der Waals surface area contributed by atoms with Gasteiger partial charge in [0.1, 0.15) is 0 Å². The Morgan fingerprint density at radius 2 is 2.00 bits per heavy atom. The van der Waals surface area contributed by atoms with Gasteiger partial charge in [-0.15, -0.1) is 0 Å². The molecule has 2 rings (SSSR count). The maximum Gasteiger partial charge on any atom is 0.303 e. The standard InChI is InChI=1S/C14H24N2O3/c15-14(7-3-8-14)10-12(17)16-9-2-1-4-11(16)5-6-13(18)19/h11H,1-10,15H2,(H,18,19). The highest BCUT2D eigenvalue weighted by Crippen LogP contribution is 2.33. The van der Waals surface area contributed by atoms with Crippen LogP contribution >= 0.6 is 0 Å². The molecule has 1 unspecified atom stereocenters. The molecule has 108 valence electrons. The summed E-state index contributed by atoms with van der Waals surface area (Å²) >= 11 is 0. The molecule has 1 amide bonds.